The Morgan fingerprint density at radius 3 is 2.26 bits per heavy atom. The van der Waals surface area contributed by atoms with Crippen molar-refractivity contribution in [3.05, 3.63) is 65.4 Å². The van der Waals surface area contributed by atoms with E-state index < -0.39 is 16.0 Å². The zero-order valence-corrected chi connectivity index (χ0v) is 20.9. The Kier molecular flexibility index (Phi) is 6.46. The van der Waals surface area contributed by atoms with Crippen molar-refractivity contribution in [3.63, 3.8) is 0 Å². The predicted molar refractivity (Wildman–Crippen MR) is 131 cm³/mol. The number of aryl methyl sites for hydroxylation is 1. The highest BCUT2D eigenvalue weighted by Crippen LogP contribution is 2.40. The molecule has 2 heterocycles. The number of rotatable bonds is 4. The van der Waals surface area contributed by atoms with E-state index in [4.69, 9.17) is 4.74 Å². The lowest BCUT2D eigenvalue weighted by atomic mass is 9.90. The first-order chi connectivity index (χ1) is 16.9. The quantitative estimate of drug-likeness (QED) is 0.496. The van der Waals surface area contributed by atoms with Gasteiger partial charge >= 0.3 is 5.97 Å². The first-order valence-corrected chi connectivity index (χ1v) is 13.6. The lowest BCUT2D eigenvalue weighted by Crippen LogP contribution is -2.49. The number of hydrogen-bond donors (Lipinski definition) is 0. The number of carbonyl (C=O) groups is 1. The minimum Gasteiger partial charge on any atom is -0.465 e. The molecule has 0 unspecified atom stereocenters. The molecule has 1 fully saturated rings. The molecule has 0 bridgehead atoms. The fourth-order valence-corrected chi connectivity index (χ4v) is 6.92. The van der Waals surface area contributed by atoms with E-state index in [0.717, 1.165) is 55.3 Å². The van der Waals surface area contributed by atoms with Crippen molar-refractivity contribution in [2.75, 3.05) is 7.11 Å². The molecule has 0 saturated heterocycles. The molecule has 0 radical (unpaired) electrons. The van der Waals surface area contributed by atoms with Crippen LogP contribution in [0, 0.1) is 6.92 Å². The van der Waals surface area contributed by atoms with Gasteiger partial charge in [0.25, 0.3) is 0 Å². The summed E-state index contributed by atoms with van der Waals surface area (Å²) in [6.45, 7) is 2.16. The van der Waals surface area contributed by atoms with E-state index in [2.05, 4.69) is 10.3 Å². The standard InChI is InChI=1S/C26H30N4O4S/c1-18-9-15-21(16-10-18)35(32,33)29-17-24-25(19-11-13-20(14-12-19)26(31)34-2)27-28-30(24)23-8-6-4-3-5-7-22(23)29/h9-16,22-23H,3-8,17H2,1-2H3/t22-,23-/m0/s1. The Bertz CT molecular complexity index is 1320. The van der Waals surface area contributed by atoms with Gasteiger partial charge < -0.3 is 4.74 Å². The third kappa shape index (κ3) is 4.38. The Labute approximate surface area is 206 Å². The minimum atomic E-state index is -3.71. The smallest absolute Gasteiger partial charge is 0.337 e. The average molecular weight is 495 g/mol. The summed E-state index contributed by atoms with van der Waals surface area (Å²) in [7, 11) is -2.37. The lowest BCUT2D eigenvalue weighted by molar-refractivity contribution is 0.0600. The van der Waals surface area contributed by atoms with Crippen molar-refractivity contribution in [1.29, 1.82) is 0 Å². The number of ether oxygens (including phenoxy) is 1. The molecule has 0 N–H and O–H groups in total. The van der Waals surface area contributed by atoms with E-state index in [1.807, 2.05) is 23.7 Å². The van der Waals surface area contributed by atoms with Gasteiger partial charge in [-0.3, -0.25) is 0 Å². The van der Waals surface area contributed by atoms with Gasteiger partial charge in [0.15, 0.2) is 0 Å². The molecule has 0 spiro atoms. The van der Waals surface area contributed by atoms with Crippen molar-refractivity contribution in [2.45, 2.75) is 69.0 Å². The first kappa shape index (κ1) is 23.7. The Hall–Kier alpha value is -3.04. The second-order valence-electron chi connectivity index (χ2n) is 9.39. The Morgan fingerprint density at radius 2 is 1.60 bits per heavy atom. The molecule has 9 heteroatoms. The van der Waals surface area contributed by atoms with Crippen LogP contribution in [0.5, 0.6) is 0 Å². The zero-order valence-electron chi connectivity index (χ0n) is 20.1. The van der Waals surface area contributed by atoms with Crippen LogP contribution >= 0.6 is 0 Å². The molecule has 1 aliphatic carbocycles. The summed E-state index contributed by atoms with van der Waals surface area (Å²) in [4.78, 5) is 12.2. The number of benzene rings is 2. The second-order valence-corrected chi connectivity index (χ2v) is 11.3. The van der Waals surface area contributed by atoms with Crippen molar-refractivity contribution >= 4 is 16.0 Å². The van der Waals surface area contributed by atoms with Crippen LogP contribution < -0.4 is 0 Å². The minimum absolute atomic E-state index is 0.0603. The molecule has 1 aromatic heterocycles. The van der Waals surface area contributed by atoms with Crippen molar-refractivity contribution in [1.82, 2.24) is 19.3 Å². The summed E-state index contributed by atoms with van der Waals surface area (Å²) in [5.41, 5.74) is 3.68. The average Bonchev–Trinajstić information content (AvgIpc) is 3.27. The molecule has 2 aliphatic rings. The third-order valence-electron chi connectivity index (χ3n) is 7.18. The fraction of sp³-hybridized carbons (Fsp3) is 0.423. The summed E-state index contributed by atoms with van der Waals surface area (Å²) in [5, 5.41) is 9.00. The summed E-state index contributed by atoms with van der Waals surface area (Å²) in [6.07, 6.45) is 5.94. The highest BCUT2D eigenvalue weighted by atomic mass is 32.2. The number of hydrogen-bond acceptors (Lipinski definition) is 6. The molecule has 35 heavy (non-hydrogen) atoms. The lowest BCUT2D eigenvalue weighted by Gasteiger charge is -2.41. The van der Waals surface area contributed by atoms with Crippen LogP contribution in [-0.4, -0.2) is 46.8 Å². The van der Waals surface area contributed by atoms with E-state index in [1.165, 1.54) is 7.11 Å². The molecule has 0 amide bonds. The molecular formula is C26H30N4O4S. The highest BCUT2D eigenvalue weighted by molar-refractivity contribution is 7.89. The maximum absolute atomic E-state index is 13.9. The molecule has 1 saturated carbocycles. The molecule has 5 rings (SSSR count). The second kappa shape index (κ2) is 9.54. The summed E-state index contributed by atoms with van der Waals surface area (Å²) in [5.74, 6) is -0.408. The summed E-state index contributed by atoms with van der Waals surface area (Å²) in [6, 6.07) is 13.8. The highest BCUT2D eigenvalue weighted by Gasteiger charge is 2.43. The molecular weight excluding hydrogens is 464 g/mol. The van der Waals surface area contributed by atoms with Crippen LogP contribution in [0.4, 0.5) is 0 Å². The number of sulfonamides is 1. The van der Waals surface area contributed by atoms with Crippen LogP contribution in [0.2, 0.25) is 0 Å². The van der Waals surface area contributed by atoms with E-state index in [-0.39, 0.29) is 18.6 Å². The number of carbonyl (C=O) groups excluding carboxylic acids is 1. The summed E-state index contributed by atoms with van der Waals surface area (Å²) < 4.78 is 36.2. The maximum atomic E-state index is 13.9. The zero-order chi connectivity index (χ0) is 24.6. The largest absolute Gasteiger partial charge is 0.465 e. The van der Waals surface area contributed by atoms with Gasteiger partial charge in [0, 0.05) is 11.6 Å². The van der Waals surface area contributed by atoms with Gasteiger partial charge in [0.1, 0.15) is 5.69 Å². The van der Waals surface area contributed by atoms with E-state index in [0.29, 0.717) is 16.2 Å². The maximum Gasteiger partial charge on any atom is 0.337 e. The predicted octanol–water partition coefficient (Wildman–Crippen LogP) is 4.51. The van der Waals surface area contributed by atoms with Gasteiger partial charge in [-0.25, -0.2) is 17.9 Å². The number of fused-ring (bicyclic) bond motifs is 3. The molecule has 2 atom stereocenters. The Balaban J connectivity index is 1.58. The number of methoxy groups -OCH3 is 1. The number of esters is 1. The molecule has 1 aliphatic heterocycles. The van der Waals surface area contributed by atoms with Crippen molar-refractivity contribution in [3.8, 4) is 11.3 Å². The third-order valence-corrected chi connectivity index (χ3v) is 9.07. The van der Waals surface area contributed by atoms with Crippen LogP contribution in [-0.2, 0) is 21.3 Å². The van der Waals surface area contributed by atoms with Gasteiger partial charge in [-0.15, -0.1) is 5.10 Å². The molecule has 3 aromatic rings. The van der Waals surface area contributed by atoms with Crippen LogP contribution in [0.15, 0.2) is 53.4 Å². The number of nitrogens with zero attached hydrogens (tertiary/aromatic N) is 4. The van der Waals surface area contributed by atoms with E-state index in [1.54, 1.807) is 40.7 Å². The van der Waals surface area contributed by atoms with Crippen LogP contribution in [0.3, 0.4) is 0 Å². The molecule has 2 aromatic carbocycles. The topological polar surface area (TPSA) is 94.4 Å². The van der Waals surface area contributed by atoms with Gasteiger partial charge in [-0.05, 0) is 44.0 Å². The van der Waals surface area contributed by atoms with Gasteiger partial charge in [0.2, 0.25) is 10.0 Å². The fourth-order valence-electron chi connectivity index (χ4n) is 5.27. The Morgan fingerprint density at radius 1 is 0.943 bits per heavy atom. The first-order valence-electron chi connectivity index (χ1n) is 12.1. The van der Waals surface area contributed by atoms with Gasteiger partial charge in [-0.2, -0.15) is 4.31 Å². The van der Waals surface area contributed by atoms with Crippen molar-refractivity contribution < 1.29 is 17.9 Å². The molecule has 8 nitrogen and oxygen atoms in total. The van der Waals surface area contributed by atoms with E-state index >= 15 is 0 Å². The monoisotopic (exact) mass is 494 g/mol. The summed E-state index contributed by atoms with van der Waals surface area (Å²) >= 11 is 0. The number of aromatic nitrogens is 3. The van der Waals surface area contributed by atoms with Crippen molar-refractivity contribution in [2.24, 2.45) is 0 Å². The van der Waals surface area contributed by atoms with Gasteiger partial charge in [0.05, 0.1) is 35.8 Å². The normalized spacial score (nSPS) is 20.9. The van der Waals surface area contributed by atoms with Gasteiger partial charge in [-0.1, -0.05) is 60.7 Å². The van der Waals surface area contributed by atoms with Crippen LogP contribution in [0.25, 0.3) is 11.3 Å². The van der Waals surface area contributed by atoms with Crippen LogP contribution in [0.1, 0.15) is 66.2 Å². The SMILES string of the molecule is COC(=O)c1ccc(-c2nnn3c2CN(S(=O)(=O)c2ccc(C)cc2)[C@H]2CCCCCC[C@@H]23)cc1. The van der Waals surface area contributed by atoms with E-state index in [9.17, 15) is 13.2 Å². The molecule has 184 valence electrons.